The van der Waals surface area contributed by atoms with Gasteiger partial charge in [-0.25, -0.2) is 15.0 Å². The second-order valence-electron chi connectivity index (χ2n) is 8.17. The van der Waals surface area contributed by atoms with Crippen LogP contribution in [0.25, 0.3) is 10.7 Å². The molecular weight excluding hydrogens is 531 g/mol. The van der Waals surface area contributed by atoms with Crippen molar-refractivity contribution >= 4 is 59.4 Å². The Balaban J connectivity index is 0.00000190. The lowest BCUT2D eigenvalue weighted by atomic mass is 10.2. The van der Waals surface area contributed by atoms with E-state index in [0.29, 0.717) is 30.4 Å². The molecule has 5 rings (SSSR count). The number of ether oxygens (including phenoxy) is 1. The first kappa shape index (κ1) is 28.3. The number of carbonyl (C=O) groups excluding carboxylic acids is 1. The van der Waals surface area contributed by atoms with Gasteiger partial charge in [0.25, 0.3) is 0 Å². The third kappa shape index (κ3) is 6.95. The van der Waals surface area contributed by atoms with E-state index >= 15 is 0 Å². The highest BCUT2D eigenvalue weighted by Gasteiger charge is 2.22. The van der Waals surface area contributed by atoms with E-state index < -0.39 is 0 Å². The predicted octanol–water partition coefficient (Wildman–Crippen LogP) is 5.43. The van der Waals surface area contributed by atoms with Crippen LogP contribution in [0.15, 0.2) is 72.4 Å². The zero-order valence-corrected chi connectivity index (χ0v) is 22.7. The smallest absolute Gasteiger partial charge is 0.228 e. The highest BCUT2D eigenvalue weighted by atomic mass is 35.5. The first-order valence-electron chi connectivity index (χ1n) is 11.4. The molecule has 194 valence electrons. The Morgan fingerprint density at radius 2 is 1.84 bits per heavy atom. The second kappa shape index (κ2) is 13.3. The van der Waals surface area contributed by atoms with Crippen molar-refractivity contribution in [3.8, 4) is 16.5 Å². The molecule has 0 aliphatic carbocycles. The molecular formula is C26H28Cl2N6O2S. The van der Waals surface area contributed by atoms with Gasteiger partial charge in [-0.15, -0.1) is 36.2 Å². The molecule has 37 heavy (non-hydrogen) atoms. The molecule has 0 radical (unpaired) electrons. The third-order valence-electron chi connectivity index (χ3n) is 5.87. The minimum absolute atomic E-state index is 0. The van der Waals surface area contributed by atoms with Crippen LogP contribution in [0.5, 0.6) is 5.75 Å². The van der Waals surface area contributed by atoms with Crippen LogP contribution in [0, 0.1) is 0 Å². The van der Waals surface area contributed by atoms with E-state index in [1.165, 1.54) is 16.9 Å². The van der Waals surface area contributed by atoms with Crippen molar-refractivity contribution in [3.05, 3.63) is 77.9 Å². The van der Waals surface area contributed by atoms with E-state index in [1.54, 1.807) is 19.5 Å². The molecule has 0 bridgehead atoms. The number of methoxy groups -OCH3 is 1. The fraction of sp³-hybridized carbons (Fsp3) is 0.231. The number of pyridine rings is 2. The Bertz CT molecular complexity index is 1280. The largest absolute Gasteiger partial charge is 0.493 e. The topological polar surface area (TPSA) is 83.5 Å². The summed E-state index contributed by atoms with van der Waals surface area (Å²) in [6.07, 6.45) is 3.96. The van der Waals surface area contributed by atoms with E-state index in [4.69, 9.17) is 4.74 Å². The van der Waals surface area contributed by atoms with Crippen LogP contribution in [0.4, 0.5) is 17.3 Å². The fourth-order valence-electron chi connectivity index (χ4n) is 4.05. The lowest BCUT2D eigenvalue weighted by molar-refractivity contribution is -0.118. The van der Waals surface area contributed by atoms with E-state index in [2.05, 4.69) is 37.3 Å². The molecule has 3 aromatic heterocycles. The highest BCUT2D eigenvalue weighted by molar-refractivity contribution is 7.13. The Kier molecular flexibility index (Phi) is 10.2. The van der Waals surface area contributed by atoms with Gasteiger partial charge >= 0.3 is 0 Å². The Morgan fingerprint density at radius 1 is 1.00 bits per heavy atom. The standard InChI is InChI=1S/C26H26N6O2S.2ClH/c1-34-22-9-8-21(26-27-12-16-35-26)29-25(22)30-23-10-7-20(17-28-23)32-15-14-31(13-11-24(32)33)18-19-5-3-2-4-6-19;;/h2-10,12,16-17H,11,13-15,18H2,1H3,(H,28,29,30);2*1H. The molecule has 11 heteroatoms. The van der Waals surface area contributed by atoms with Crippen molar-refractivity contribution in [1.82, 2.24) is 19.9 Å². The van der Waals surface area contributed by atoms with Gasteiger partial charge in [-0.1, -0.05) is 30.3 Å². The first-order chi connectivity index (χ1) is 17.2. The molecule has 1 fully saturated rings. The highest BCUT2D eigenvalue weighted by Crippen LogP contribution is 2.30. The first-order valence-corrected chi connectivity index (χ1v) is 12.3. The van der Waals surface area contributed by atoms with Gasteiger partial charge in [0, 0.05) is 44.2 Å². The zero-order valence-electron chi connectivity index (χ0n) is 20.2. The van der Waals surface area contributed by atoms with Crippen molar-refractivity contribution in [1.29, 1.82) is 0 Å². The molecule has 4 aromatic rings. The molecule has 1 aliphatic heterocycles. The number of amides is 1. The predicted molar refractivity (Wildman–Crippen MR) is 153 cm³/mol. The average Bonchev–Trinajstić information content (AvgIpc) is 3.37. The monoisotopic (exact) mass is 558 g/mol. The van der Waals surface area contributed by atoms with Gasteiger partial charge < -0.3 is 15.0 Å². The van der Waals surface area contributed by atoms with Crippen molar-refractivity contribution in [2.75, 3.05) is 37.0 Å². The van der Waals surface area contributed by atoms with Crippen LogP contribution in [-0.2, 0) is 11.3 Å². The SMILES string of the molecule is COc1ccc(-c2nccs2)nc1Nc1ccc(N2CCN(Cc3ccccc3)CCC2=O)cn1.Cl.Cl. The number of anilines is 3. The molecule has 0 spiro atoms. The molecule has 0 saturated carbocycles. The maximum Gasteiger partial charge on any atom is 0.228 e. The van der Waals surface area contributed by atoms with Gasteiger partial charge in [0.05, 0.1) is 19.0 Å². The number of aromatic nitrogens is 3. The van der Waals surface area contributed by atoms with Gasteiger partial charge in [0.2, 0.25) is 5.91 Å². The second-order valence-corrected chi connectivity index (χ2v) is 9.06. The molecule has 4 heterocycles. The molecule has 1 N–H and O–H groups in total. The van der Waals surface area contributed by atoms with E-state index in [-0.39, 0.29) is 30.7 Å². The lowest BCUT2D eigenvalue weighted by Gasteiger charge is -2.22. The van der Waals surface area contributed by atoms with E-state index in [1.807, 2.05) is 52.7 Å². The van der Waals surface area contributed by atoms with Gasteiger partial charge in [-0.05, 0) is 29.8 Å². The molecule has 8 nitrogen and oxygen atoms in total. The summed E-state index contributed by atoms with van der Waals surface area (Å²) >= 11 is 1.53. The Morgan fingerprint density at radius 3 is 2.54 bits per heavy atom. The summed E-state index contributed by atoms with van der Waals surface area (Å²) in [5.74, 6) is 1.90. The van der Waals surface area contributed by atoms with Crippen molar-refractivity contribution in [2.45, 2.75) is 13.0 Å². The summed E-state index contributed by atoms with van der Waals surface area (Å²) in [5, 5.41) is 5.98. The number of hydrogen-bond donors (Lipinski definition) is 1. The number of benzene rings is 1. The van der Waals surface area contributed by atoms with Crippen LogP contribution < -0.4 is 15.0 Å². The van der Waals surface area contributed by atoms with Crippen LogP contribution in [0.3, 0.4) is 0 Å². The summed E-state index contributed by atoms with van der Waals surface area (Å²) in [4.78, 5) is 30.5. The zero-order chi connectivity index (χ0) is 24.0. The quantitative estimate of drug-likeness (QED) is 0.323. The average molecular weight is 560 g/mol. The molecule has 1 amide bonds. The van der Waals surface area contributed by atoms with E-state index in [9.17, 15) is 4.79 Å². The van der Waals surface area contributed by atoms with Gasteiger partial charge in [0.1, 0.15) is 16.5 Å². The summed E-state index contributed by atoms with van der Waals surface area (Å²) in [6.45, 7) is 3.03. The normalized spacial score (nSPS) is 13.8. The van der Waals surface area contributed by atoms with Crippen molar-refractivity contribution in [3.63, 3.8) is 0 Å². The minimum Gasteiger partial charge on any atom is -0.493 e. The number of rotatable bonds is 7. The number of nitrogens with one attached hydrogen (secondary N) is 1. The molecule has 0 atom stereocenters. The number of nitrogens with zero attached hydrogens (tertiary/aromatic N) is 5. The van der Waals surface area contributed by atoms with Gasteiger partial charge in [-0.3, -0.25) is 9.69 Å². The Hall–Kier alpha value is -3.24. The van der Waals surface area contributed by atoms with E-state index in [0.717, 1.165) is 36.0 Å². The number of hydrogen-bond acceptors (Lipinski definition) is 8. The Labute approximate surface area is 232 Å². The van der Waals surface area contributed by atoms with Crippen molar-refractivity contribution in [2.24, 2.45) is 0 Å². The molecule has 1 aromatic carbocycles. The van der Waals surface area contributed by atoms with Crippen LogP contribution in [0.1, 0.15) is 12.0 Å². The molecule has 1 aliphatic rings. The number of carbonyl (C=O) groups is 1. The summed E-state index contributed by atoms with van der Waals surface area (Å²) < 4.78 is 5.46. The van der Waals surface area contributed by atoms with Gasteiger partial charge in [-0.2, -0.15) is 0 Å². The number of halogens is 2. The van der Waals surface area contributed by atoms with Crippen LogP contribution >= 0.6 is 36.2 Å². The number of thiazole rings is 1. The minimum atomic E-state index is 0. The summed E-state index contributed by atoms with van der Waals surface area (Å²) in [5.41, 5.74) is 2.81. The molecule has 1 saturated heterocycles. The summed E-state index contributed by atoms with van der Waals surface area (Å²) in [6, 6.07) is 17.9. The van der Waals surface area contributed by atoms with Crippen molar-refractivity contribution < 1.29 is 9.53 Å². The third-order valence-corrected chi connectivity index (χ3v) is 6.66. The molecule has 0 unspecified atom stereocenters. The van der Waals surface area contributed by atoms with Crippen LogP contribution in [0.2, 0.25) is 0 Å². The lowest BCUT2D eigenvalue weighted by Crippen LogP contribution is -2.33. The van der Waals surface area contributed by atoms with Crippen LogP contribution in [-0.4, -0.2) is 52.5 Å². The van der Waals surface area contributed by atoms with Gasteiger partial charge in [0.15, 0.2) is 11.6 Å². The summed E-state index contributed by atoms with van der Waals surface area (Å²) in [7, 11) is 1.60. The maximum absolute atomic E-state index is 12.8. The fourth-order valence-corrected chi connectivity index (χ4v) is 4.66. The maximum atomic E-state index is 12.8.